The molecule has 0 radical (unpaired) electrons. The number of halogens is 1. The molecule has 0 rings (SSSR count). The lowest BCUT2D eigenvalue weighted by atomic mass is 10.1. The number of rotatable bonds is 11. The molecule has 0 saturated carbocycles. The van der Waals surface area contributed by atoms with Crippen molar-refractivity contribution in [3.8, 4) is 0 Å². The first-order valence-electron chi connectivity index (χ1n) is 6.64. The smallest absolute Gasteiger partial charge is 0.230 e. The Labute approximate surface area is 109 Å². The summed E-state index contributed by atoms with van der Waals surface area (Å²) < 4.78 is 0. The largest absolute Gasteiger partial charge is 0.355 e. The van der Waals surface area contributed by atoms with Crippen LogP contribution < -0.4 is 5.32 Å². The molecule has 1 N–H and O–H groups in total. The maximum Gasteiger partial charge on any atom is 0.230 e. The van der Waals surface area contributed by atoms with Gasteiger partial charge in [-0.1, -0.05) is 74.2 Å². The molecule has 96 valence electrons. The quantitative estimate of drug-likeness (QED) is 0.452. The van der Waals surface area contributed by atoms with Crippen molar-refractivity contribution in [2.75, 3.05) is 11.9 Å². The fraction of sp³-hybridized carbons (Fsp3) is 0.923. The molecular formula is C13H26BrNO. The second-order valence-electron chi connectivity index (χ2n) is 4.31. The average Bonchev–Trinajstić information content (AvgIpc) is 2.31. The number of carbonyl (C=O) groups is 1. The Morgan fingerprint density at radius 3 is 1.94 bits per heavy atom. The van der Waals surface area contributed by atoms with Crippen LogP contribution in [0.3, 0.4) is 0 Å². The number of unbranched alkanes of at least 4 members (excludes halogenated alkanes) is 8. The lowest BCUT2D eigenvalue weighted by molar-refractivity contribution is -0.118. The van der Waals surface area contributed by atoms with Gasteiger partial charge in [-0.3, -0.25) is 4.79 Å². The van der Waals surface area contributed by atoms with Gasteiger partial charge >= 0.3 is 0 Å². The highest BCUT2D eigenvalue weighted by Gasteiger charge is 1.96. The van der Waals surface area contributed by atoms with E-state index in [9.17, 15) is 4.79 Å². The highest BCUT2D eigenvalue weighted by Crippen LogP contribution is 2.09. The van der Waals surface area contributed by atoms with Crippen LogP contribution in [0.4, 0.5) is 0 Å². The van der Waals surface area contributed by atoms with Gasteiger partial charge in [0.05, 0.1) is 5.33 Å². The summed E-state index contributed by atoms with van der Waals surface area (Å²) in [5.74, 6) is 0.0968. The van der Waals surface area contributed by atoms with Crippen LogP contribution in [0, 0.1) is 0 Å². The molecule has 0 fully saturated rings. The monoisotopic (exact) mass is 291 g/mol. The Morgan fingerprint density at radius 1 is 0.938 bits per heavy atom. The van der Waals surface area contributed by atoms with Crippen LogP contribution in [-0.2, 0) is 4.79 Å². The van der Waals surface area contributed by atoms with Crippen LogP contribution in [0.15, 0.2) is 0 Å². The molecule has 0 unspecified atom stereocenters. The molecule has 3 heteroatoms. The Kier molecular flexibility index (Phi) is 13.0. The zero-order chi connectivity index (χ0) is 12.1. The molecule has 0 spiro atoms. The van der Waals surface area contributed by atoms with E-state index in [1.807, 2.05) is 0 Å². The average molecular weight is 292 g/mol. The molecule has 2 nitrogen and oxygen atoms in total. The maximum atomic E-state index is 10.9. The molecule has 0 aliphatic heterocycles. The summed E-state index contributed by atoms with van der Waals surface area (Å²) in [5.41, 5.74) is 0. The van der Waals surface area contributed by atoms with Crippen LogP contribution in [-0.4, -0.2) is 17.8 Å². The standard InChI is InChI=1S/C13H26BrNO/c1-2-3-4-5-6-7-8-9-10-11-15-13(16)12-14/h2-12H2,1H3,(H,15,16). The van der Waals surface area contributed by atoms with Gasteiger partial charge in [-0.15, -0.1) is 0 Å². The molecule has 0 bridgehead atoms. The minimum Gasteiger partial charge on any atom is -0.355 e. The molecule has 0 heterocycles. The molecule has 0 aromatic carbocycles. The number of hydrogen-bond donors (Lipinski definition) is 1. The molecule has 0 saturated heterocycles. The third kappa shape index (κ3) is 12.0. The van der Waals surface area contributed by atoms with Gasteiger partial charge in [0.2, 0.25) is 5.91 Å². The van der Waals surface area contributed by atoms with Crippen molar-refractivity contribution in [2.24, 2.45) is 0 Å². The summed E-state index contributed by atoms with van der Waals surface area (Å²) in [6.07, 6.45) is 11.9. The van der Waals surface area contributed by atoms with E-state index in [4.69, 9.17) is 0 Å². The first-order valence-corrected chi connectivity index (χ1v) is 7.76. The predicted octanol–water partition coefficient (Wildman–Crippen LogP) is 4.03. The van der Waals surface area contributed by atoms with E-state index in [2.05, 4.69) is 28.2 Å². The van der Waals surface area contributed by atoms with Gasteiger partial charge in [0.15, 0.2) is 0 Å². The Bertz CT molecular complexity index is 162. The van der Waals surface area contributed by atoms with Gasteiger partial charge in [0.25, 0.3) is 0 Å². The van der Waals surface area contributed by atoms with Crippen LogP contribution in [0.1, 0.15) is 64.7 Å². The summed E-state index contributed by atoms with van der Waals surface area (Å²) in [5, 5.41) is 3.29. The number of carbonyl (C=O) groups excluding carboxylic acids is 1. The van der Waals surface area contributed by atoms with Gasteiger partial charge < -0.3 is 5.32 Å². The van der Waals surface area contributed by atoms with E-state index >= 15 is 0 Å². The van der Waals surface area contributed by atoms with Gasteiger partial charge in [-0.25, -0.2) is 0 Å². The predicted molar refractivity (Wildman–Crippen MR) is 74.0 cm³/mol. The third-order valence-corrected chi connectivity index (χ3v) is 3.23. The van der Waals surface area contributed by atoms with Crippen molar-refractivity contribution < 1.29 is 4.79 Å². The van der Waals surface area contributed by atoms with Crippen molar-refractivity contribution in [1.82, 2.24) is 5.32 Å². The molecule has 1 amide bonds. The molecule has 0 aliphatic carbocycles. The fourth-order valence-electron chi connectivity index (χ4n) is 1.71. The fourth-order valence-corrected chi connectivity index (χ4v) is 1.91. The van der Waals surface area contributed by atoms with E-state index in [0.717, 1.165) is 13.0 Å². The lowest BCUT2D eigenvalue weighted by Crippen LogP contribution is -2.25. The zero-order valence-electron chi connectivity index (χ0n) is 10.6. The molecular weight excluding hydrogens is 266 g/mol. The van der Waals surface area contributed by atoms with Gasteiger partial charge in [-0.05, 0) is 6.42 Å². The molecule has 0 aromatic heterocycles. The van der Waals surface area contributed by atoms with Crippen molar-refractivity contribution in [2.45, 2.75) is 64.7 Å². The van der Waals surface area contributed by atoms with E-state index in [-0.39, 0.29) is 5.91 Å². The van der Waals surface area contributed by atoms with E-state index < -0.39 is 0 Å². The Hall–Kier alpha value is -0.0500. The summed E-state index contributed by atoms with van der Waals surface area (Å²) in [4.78, 5) is 10.9. The Morgan fingerprint density at radius 2 is 1.44 bits per heavy atom. The molecule has 0 aromatic rings. The van der Waals surface area contributed by atoms with Crippen molar-refractivity contribution in [3.63, 3.8) is 0 Å². The SMILES string of the molecule is CCCCCCCCCCCNC(=O)CBr. The highest BCUT2D eigenvalue weighted by atomic mass is 79.9. The summed E-state index contributed by atoms with van der Waals surface area (Å²) >= 11 is 3.13. The second-order valence-corrected chi connectivity index (χ2v) is 4.87. The number of alkyl halides is 1. The highest BCUT2D eigenvalue weighted by molar-refractivity contribution is 9.09. The number of amides is 1. The number of nitrogens with one attached hydrogen (secondary N) is 1. The first-order chi connectivity index (χ1) is 7.81. The summed E-state index contributed by atoms with van der Waals surface area (Å²) in [6, 6.07) is 0. The van der Waals surface area contributed by atoms with Crippen molar-refractivity contribution in [1.29, 1.82) is 0 Å². The first kappa shape index (κ1) is 16.0. The second kappa shape index (κ2) is 13.0. The molecule has 0 aliphatic rings. The maximum absolute atomic E-state index is 10.9. The van der Waals surface area contributed by atoms with Gasteiger partial charge in [0, 0.05) is 6.54 Å². The zero-order valence-corrected chi connectivity index (χ0v) is 12.2. The lowest BCUT2D eigenvalue weighted by Gasteiger charge is -2.03. The van der Waals surface area contributed by atoms with Gasteiger partial charge in [-0.2, -0.15) is 0 Å². The minimum atomic E-state index is 0.0968. The third-order valence-electron chi connectivity index (χ3n) is 2.72. The topological polar surface area (TPSA) is 29.1 Å². The molecule has 16 heavy (non-hydrogen) atoms. The number of hydrogen-bond acceptors (Lipinski definition) is 1. The normalized spacial score (nSPS) is 10.4. The van der Waals surface area contributed by atoms with Gasteiger partial charge in [0.1, 0.15) is 0 Å². The van der Waals surface area contributed by atoms with E-state index in [1.165, 1.54) is 51.4 Å². The molecule has 0 atom stereocenters. The summed E-state index contributed by atoms with van der Waals surface area (Å²) in [6.45, 7) is 3.08. The summed E-state index contributed by atoms with van der Waals surface area (Å²) in [7, 11) is 0. The van der Waals surface area contributed by atoms with Crippen LogP contribution >= 0.6 is 15.9 Å². The van der Waals surface area contributed by atoms with E-state index in [1.54, 1.807) is 0 Å². The van der Waals surface area contributed by atoms with Crippen LogP contribution in [0.25, 0.3) is 0 Å². The van der Waals surface area contributed by atoms with Crippen molar-refractivity contribution >= 4 is 21.8 Å². The van der Waals surface area contributed by atoms with Crippen LogP contribution in [0.5, 0.6) is 0 Å². The van der Waals surface area contributed by atoms with Crippen LogP contribution in [0.2, 0.25) is 0 Å². The Balaban J connectivity index is 2.96. The minimum absolute atomic E-state index is 0.0968. The van der Waals surface area contributed by atoms with E-state index in [0.29, 0.717) is 5.33 Å². The van der Waals surface area contributed by atoms with Crippen molar-refractivity contribution in [3.05, 3.63) is 0 Å².